The number of carbonyl (C=O) groups excluding carboxylic acids is 2. The van der Waals surface area contributed by atoms with E-state index >= 15 is 0 Å². The molecule has 3 aromatic rings. The molecule has 1 amide bonds. The summed E-state index contributed by atoms with van der Waals surface area (Å²) in [7, 11) is 1.83. The Morgan fingerprint density at radius 1 is 1.03 bits per heavy atom. The topological polar surface area (TPSA) is 72.4 Å². The van der Waals surface area contributed by atoms with Crippen LogP contribution < -0.4 is 4.74 Å². The smallest absolute Gasteiger partial charge is 0.226 e. The van der Waals surface area contributed by atoms with Gasteiger partial charge >= 0.3 is 0 Å². The molecule has 35 heavy (non-hydrogen) atoms. The van der Waals surface area contributed by atoms with Crippen molar-refractivity contribution in [3.63, 3.8) is 0 Å². The Hall–Kier alpha value is -3.54. The van der Waals surface area contributed by atoms with E-state index in [0.29, 0.717) is 31.1 Å². The standard InChI is InChI=1S/C29H33N3O3/c1-4-5-6-12-17-32(3)29(34)25-19-22(18-24(25)20(2)33)35-28-23-15-10-11-16-26(23)30-27(31-28)21-13-8-7-9-14-21/h4,7-11,13-16,22,24-25H,1,5-6,12,17-19H2,2-3H3/t22-,24+,25-/m1/s1. The zero-order valence-electron chi connectivity index (χ0n) is 20.5. The molecule has 1 aromatic heterocycles. The van der Waals surface area contributed by atoms with Crippen molar-refractivity contribution in [1.29, 1.82) is 0 Å². The number of Topliss-reactive ketones (excluding diaryl/α,β-unsaturated/α-hetero) is 1. The number of hydrogen-bond acceptors (Lipinski definition) is 5. The molecule has 0 radical (unpaired) electrons. The van der Waals surface area contributed by atoms with E-state index in [1.165, 1.54) is 0 Å². The van der Waals surface area contributed by atoms with Gasteiger partial charge in [0.05, 0.1) is 16.8 Å². The fourth-order valence-corrected chi connectivity index (χ4v) is 4.85. The third kappa shape index (κ3) is 5.76. The number of para-hydroxylation sites is 1. The van der Waals surface area contributed by atoms with Crippen molar-refractivity contribution in [3.05, 3.63) is 67.3 Å². The van der Waals surface area contributed by atoms with Gasteiger partial charge in [0.15, 0.2) is 5.82 Å². The third-order valence-corrected chi connectivity index (χ3v) is 6.77. The van der Waals surface area contributed by atoms with Gasteiger partial charge in [0, 0.05) is 25.1 Å². The predicted molar refractivity (Wildman–Crippen MR) is 138 cm³/mol. The lowest BCUT2D eigenvalue weighted by atomic mass is 9.91. The van der Waals surface area contributed by atoms with Gasteiger partial charge < -0.3 is 9.64 Å². The summed E-state index contributed by atoms with van der Waals surface area (Å²) in [6.45, 7) is 6.00. The van der Waals surface area contributed by atoms with Gasteiger partial charge in [-0.2, -0.15) is 4.98 Å². The van der Waals surface area contributed by atoms with E-state index in [4.69, 9.17) is 14.7 Å². The minimum atomic E-state index is -0.372. The third-order valence-electron chi connectivity index (χ3n) is 6.77. The van der Waals surface area contributed by atoms with Crippen LogP contribution in [0.4, 0.5) is 0 Å². The summed E-state index contributed by atoms with van der Waals surface area (Å²) >= 11 is 0. The summed E-state index contributed by atoms with van der Waals surface area (Å²) in [5, 5.41) is 0.820. The molecule has 0 bridgehead atoms. The highest BCUT2D eigenvalue weighted by atomic mass is 16.5. The number of fused-ring (bicyclic) bond motifs is 1. The van der Waals surface area contributed by atoms with Gasteiger partial charge in [-0.05, 0) is 51.2 Å². The molecule has 1 aliphatic rings. The molecule has 1 aliphatic carbocycles. The van der Waals surface area contributed by atoms with Crippen molar-refractivity contribution >= 4 is 22.6 Å². The lowest BCUT2D eigenvalue weighted by molar-refractivity contribution is -0.138. The number of ketones is 1. The number of amides is 1. The molecular formula is C29H33N3O3. The first-order valence-corrected chi connectivity index (χ1v) is 12.3. The molecule has 6 heteroatoms. The zero-order chi connectivity index (χ0) is 24.8. The molecule has 2 aromatic carbocycles. The number of carbonyl (C=O) groups is 2. The molecule has 182 valence electrons. The summed E-state index contributed by atoms with van der Waals surface area (Å²) in [4.78, 5) is 36.9. The maximum atomic E-state index is 13.2. The maximum absolute atomic E-state index is 13.2. The Kier molecular flexibility index (Phi) is 7.91. The Morgan fingerprint density at radius 3 is 2.49 bits per heavy atom. The van der Waals surface area contributed by atoms with Crippen LogP contribution in [-0.4, -0.2) is 46.3 Å². The zero-order valence-corrected chi connectivity index (χ0v) is 20.5. The van der Waals surface area contributed by atoms with Crippen molar-refractivity contribution in [1.82, 2.24) is 14.9 Å². The first-order valence-electron chi connectivity index (χ1n) is 12.3. The second-order valence-corrected chi connectivity index (χ2v) is 9.31. The van der Waals surface area contributed by atoms with Crippen molar-refractivity contribution < 1.29 is 14.3 Å². The number of nitrogens with zero attached hydrogens (tertiary/aromatic N) is 3. The Bertz CT molecular complexity index is 1190. The lowest BCUT2D eigenvalue weighted by Crippen LogP contribution is -2.37. The van der Waals surface area contributed by atoms with Crippen molar-refractivity contribution in [3.8, 4) is 17.3 Å². The first-order chi connectivity index (χ1) is 17.0. The van der Waals surface area contributed by atoms with Gasteiger partial charge in [-0.25, -0.2) is 4.98 Å². The fourth-order valence-electron chi connectivity index (χ4n) is 4.85. The van der Waals surface area contributed by atoms with Gasteiger partial charge in [0.2, 0.25) is 11.8 Å². The molecule has 0 unspecified atom stereocenters. The van der Waals surface area contributed by atoms with Crippen LogP contribution >= 0.6 is 0 Å². The number of ether oxygens (including phenoxy) is 1. The SMILES string of the molecule is C=CCCCCN(C)C(=O)[C@@H]1C[C@H](Oc2nc(-c3ccccc3)nc3ccccc23)C[C@H]1C(C)=O. The number of benzene rings is 2. The summed E-state index contributed by atoms with van der Waals surface area (Å²) < 4.78 is 6.42. The average Bonchev–Trinajstić information content (AvgIpc) is 3.30. The number of aromatic nitrogens is 2. The summed E-state index contributed by atoms with van der Waals surface area (Å²) in [6.07, 6.45) is 5.49. The minimum absolute atomic E-state index is 0.0208. The summed E-state index contributed by atoms with van der Waals surface area (Å²) in [5.74, 6) is 0.424. The lowest BCUT2D eigenvalue weighted by Gasteiger charge is -2.23. The normalized spacial score (nSPS) is 19.4. The van der Waals surface area contributed by atoms with Gasteiger partial charge in [0.1, 0.15) is 11.9 Å². The second-order valence-electron chi connectivity index (χ2n) is 9.31. The molecule has 1 fully saturated rings. The molecule has 0 aliphatic heterocycles. The number of hydrogen-bond donors (Lipinski definition) is 0. The van der Waals surface area contributed by atoms with E-state index in [2.05, 4.69) is 6.58 Å². The molecule has 1 heterocycles. The molecule has 6 nitrogen and oxygen atoms in total. The second kappa shape index (κ2) is 11.3. The van der Waals surface area contributed by atoms with E-state index in [1.807, 2.05) is 67.7 Å². The molecule has 0 saturated heterocycles. The van der Waals surface area contributed by atoms with Crippen molar-refractivity contribution in [2.24, 2.45) is 11.8 Å². The molecule has 3 atom stereocenters. The molecule has 4 rings (SSSR count). The van der Waals surface area contributed by atoms with Crippen LogP contribution in [0.1, 0.15) is 39.0 Å². The van der Waals surface area contributed by atoms with Gasteiger partial charge in [-0.1, -0.05) is 48.5 Å². The van der Waals surface area contributed by atoms with Gasteiger partial charge in [-0.15, -0.1) is 6.58 Å². The Balaban J connectivity index is 1.55. The first kappa shape index (κ1) is 24.6. The highest BCUT2D eigenvalue weighted by molar-refractivity contribution is 5.88. The van der Waals surface area contributed by atoms with Crippen LogP contribution in [0.25, 0.3) is 22.3 Å². The predicted octanol–water partition coefficient (Wildman–Crippen LogP) is 5.47. The van der Waals surface area contributed by atoms with Crippen LogP contribution in [0, 0.1) is 11.8 Å². The highest BCUT2D eigenvalue weighted by Gasteiger charge is 2.43. The van der Waals surface area contributed by atoms with Crippen LogP contribution in [0.3, 0.4) is 0 Å². The van der Waals surface area contributed by atoms with Gasteiger partial charge in [-0.3, -0.25) is 9.59 Å². The average molecular weight is 472 g/mol. The van der Waals surface area contributed by atoms with Gasteiger partial charge in [0.25, 0.3) is 0 Å². The highest BCUT2D eigenvalue weighted by Crippen LogP contribution is 2.37. The number of rotatable bonds is 10. The number of allylic oxidation sites excluding steroid dienone is 1. The monoisotopic (exact) mass is 471 g/mol. The maximum Gasteiger partial charge on any atom is 0.226 e. The summed E-state index contributed by atoms with van der Waals surface area (Å²) in [5.41, 5.74) is 1.70. The molecule has 1 saturated carbocycles. The summed E-state index contributed by atoms with van der Waals surface area (Å²) in [6, 6.07) is 17.5. The van der Waals surface area contributed by atoms with E-state index in [0.717, 1.165) is 35.7 Å². The quantitative estimate of drug-likeness (QED) is 0.289. The van der Waals surface area contributed by atoms with E-state index in [-0.39, 0.29) is 29.6 Å². The van der Waals surface area contributed by atoms with Crippen molar-refractivity contribution in [2.75, 3.05) is 13.6 Å². The van der Waals surface area contributed by atoms with Crippen LogP contribution in [0.2, 0.25) is 0 Å². The molecule has 0 spiro atoms. The largest absolute Gasteiger partial charge is 0.474 e. The van der Waals surface area contributed by atoms with E-state index in [1.54, 1.807) is 11.8 Å². The van der Waals surface area contributed by atoms with E-state index < -0.39 is 0 Å². The Morgan fingerprint density at radius 2 is 1.74 bits per heavy atom. The van der Waals surface area contributed by atoms with Crippen molar-refractivity contribution in [2.45, 2.75) is 45.1 Å². The van der Waals surface area contributed by atoms with Crippen LogP contribution in [0.5, 0.6) is 5.88 Å². The van der Waals surface area contributed by atoms with Crippen LogP contribution in [-0.2, 0) is 9.59 Å². The molecular weight excluding hydrogens is 438 g/mol. The van der Waals surface area contributed by atoms with Crippen LogP contribution in [0.15, 0.2) is 67.3 Å². The number of unbranched alkanes of at least 4 members (excludes halogenated alkanes) is 2. The minimum Gasteiger partial charge on any atom is -0.474 e. The molecule has 0 N–H and O–H groups in total. The fraction of sp³-hybridized carbons (Fsp3) is 0.379. The Labute approximate surface area is 207 Å². The van der Waals surface area contributed by atoms with E-state index in [9.17, 15) is 9.59 Å².